The summed E-state index contributed by atoms with van der Waals surface area (Å²) in [5.74, 6) is 1.33. The molecular formula is C16H25N3O3. The van der Waals surface area contributed by atoms with Crippen LogP contribution in [0.4, 0.5) is 4.79 Å². The van der Waals surface area contributed by atoms with Crippen molar-refractivity contribution < 1.29 is 14.3 Å². The summed E-state index contributed by atoms with van der Waals surface area (Å²) in [4.78, 5) is 28.1. The topological polar surface area (TPSA) is 75.9 Å². The molecule has 1 spiro atoms. The number of nitrogens with zero attached hydrogens (tertiary/aromatic N) is 2. The molecule has 22 heavy (non-hydrogen) atoms. The zero-order valence-electron chi connectivity index (χ0n) is 13.2. The van der Waals surface area contributed by atoms with E-state index in [1.54, 1.807) is 11.9 Å². The molecule has 122 valence electrons. The normalized spacial score (nSPS) is 39.6. The minimum atomic E-state index is -0.376. The van der Waals surface area contributed by atoms with Gasteiger partial charge in [0, 0.05) is 39.0 Å². The van der Waals surface area contributed by atoms with Gasteiger partial charge in [0.2, 0.25) is 5.91 Å². The number of hydrogen-bond donors (Lipinski definition) is 1. The van der Waals surface area contributed by atoms with E-state index in [-0.39, 0.29) is 29.6 Å². The minimum Gasteiger partial charge on any atom is -0.441 e. The maximum absolute atomic E-state index is 12.9. The molecule has 4 fully saturated rings. The number of amides is 2. The van der Waals surface area contributed by atoms with E-state index in [1.807, 2.05) is 4.90 Å². The zero-order valence-corrected chi connectivity index (χ0v) is 13.2. The Kier molecular flexibility index (Phi) is 3.15. The quantitative estimate of drug-likeness (QED) is 0.777. The molecule has 0 radical (unpaired) electrons. The fraction of sp³-hybridized carbons (Fsp3) is 0.875. The first-order valence-corrected chi connectivity index (χ1v) is 8.48. The molecule has 2 aliphatic heterocycles. The Morgan fingerprint density at radius 1 is 1.27 bits per heavy atom. The zero-order chi connectivity index (χ0) is 15.5. The Morgan fingerprint density at radius 3 is 2.50 bits per heavy atom. The first kappa shape index (κ1) is 14.3. The van der Waals surface area contributed by atoms with Crippen molar-refractivity contribution in [2.45, 2.75) is 43.7 Å². The molecule has 0 unspecified atom stereocenters. The highest BCUT2D eigenvalue weighted by atomic mass is 16.6. The maximum Gasteiger partial charge on any atom is 0.410 e. The van der Waals surface area contributed by atoms with Crippen LogP contribution in [0.25, 0.3) is 0 Å². The molecular weight excluding hydrogens is 282 g/mol. The summed E-state index contributed by atoms with van der Waals surface area (Å²) in [6, 6.07) is 0.0533. The van der Waals surface area contributed by atoms with Crippen molar-refractivity contribution in [3.05, 3.63) is 0 Å². The molecule has 0 aromatic carbocycles. The van der Waals surface area contributed by atoms with Crippen LogP contribution in [-0.4, -0.2) is 60.1 Å². The highest BCUT2D eigenvalue weighted by molar-refractivity contribution is 5.81. The van der Waals surface area contributed by atoms with Crippen molar-refractivity contribution in [3.8, 4) is 0 Å². The molecule has 6 heteroatoms. The molecule has 2 bridgehead atoms. The van der Waals surface area contributed by atoms with Crippen LogP contribution in [0.15, 0.2) is 0 Å². The van der Waals surface area contributed by atoms with E-state index in [1.165, 1.54) is 6.42 Å². The standard InChI is InChI=1S/C16H25N3O3/c1-18-9-16(22-15(18)21)4-6-19(7-5-16)14(20)12-10-2-3-11(8-10)13(12)17/h10-13H,2-9,17H2,1H3/t10-,11+,12-,13+/m0/s1. The van der Waals surface area contributed by atoms with Gasteiger partial charge in [-0.1, -0.05) is 0 Å². The maximum atomic E-state index is 12.9. The second kappa shape index (κ2) is 4.85. The van der Waals surface area contributed by atoms with Gasteiger partial charge >= 0.3 is 6.09 Å². The second-order valence-corrected chi connectivity index (χ2v) is 7.67. The van der Waals surface area contributed by atoms with Crippen molar-refractivity contribution in [1.29, 1.82) is 0 Å². The van der Waals surface area contributed by atoms with Gasteiger partial charge in [-0.25, -0.2) is 4.79 Å². The first-order valence-electron chi connectivity index (χ1n) is 8.48. The Hall–Kier alpha value is -1.30. The molecule has 2 saturated heterocycles. The number of rotatable bonds is 1. The molecule has 4 atom stereocenters. The molecule has 2 amide bonds. The van der Waals surface area contributed by atoms with Gasteiger partial charge in [-0.15, -0.1) is 0 Å². The van der Waals surface area contributed by atoms with Crippen LogP contribution < -0.4 is 5.73 Å². The van der Waals surface area contributed by atoms with E-state index in [0.717, 1.165) is 25.7 Å². The SMILES string of the molecule is CN1CC2(CCN(C(=O)[C@H]3[C@H]4CC[C@H](C4)[C@H]3N)CC2)OC1=O. The van der Waals surface area contributed by atoms with Crippen molar-refractivity contribution in [1.82, 2.24) is 9.80 Å². The number of hydrogen-bond acceptors (Lipinski definition) is 4. The summed E-state index contributed by atoms with van der Waals surface area (Å²) >= 11 is 0. The minimum absolute atomic E-state index is 0.0293. The Bertz CT molecular complexity index is 499. The van der Waals surface area contributed by atoms with Crippen LogP contribution in [0.5, 0.6) is 0 Å². The van der Waals surface area contributed by atoms with Crippen LogP contribution in [0, 0.1) is 17.8 Å². The Labute approximate surface area is 130 Å². The van der Waals surface area contributed by atoms with Crippen molar-refractivity contribution in [2.24, 2.45) is 23.5 Å². The fourth-order valence-corrected chi connectivity index (χ4v) is 5.10. The van der Waals surface area contributed by atoms with E-state index in [4.69, 9.17) is 10.5 Å². The number of fused-ring (bicyclic) bond motifs is 2. The van der Waals surface area contributed by atoms with E-state index in [9.17, 15) is 9.59 Å². The van der Waals surface area contributed by atoms with E-state index < -0.39 is 0 Å². The lowest BCUT2D eigenvalue weighted by Crippen LogP contribution is -2.53. The molecule has 2 aliphatic carbocycles. The van der Waals surface area contributed by atoms with Crippen LogP contribution >= 0.6 is 0 Å². The Morgan fingerprint density at radius 2 is 1.95 bits per heavy atom. The van der Waals surface area contributed by atoms with Gasteiger partial charge in [-0.3, -0.25) is 4.79 Å². The third-order valence-corrected chi connectivity index (χ3v) is 6.39. The van der Waals surface area contributed by atoms with Gasteiger partial charge < -0.3 is 20.3 Å². The van der Waals surface area contributed by atoms with Gasteiger partial charge in [0.15, 0.2) is 0 Å². The van der Waals surface area contributed by atoms with Crippen LogP contribution in [0.1, 0.15) is 32.1 Å². The third-order valence-electron chi connectivity index (χ3n) is 6.39. The molecule has 2 heterocycles. The highest BCUT2D eigenvalue weighted by Crippen LogP contribution is 2.48. The highest BCUT2D eigenvalue weighted by Gasteiger charge is 2.52. The number of ether oxygens (including phenoxy) is 1. The van der Waals surface area contributed by atoms with Gasteiger partial charge in [0.25, 0.3) is 0 Å². The summed E-state index contributed by atoms with van der Waals surface area (Å²) in [7, 11) is 1.77. The number of piperidine rings is 1. The van der Waals surface area contributed by atoms with Crippen molar-refractivity contribution in [3.63, 3.8) is 0 Å². The van der Waals surface area contributed by atoms with Crippen molar-refractivity contribution in [2.75, 3.05) is 26.7 Å². The predicted molar refractivity (Wildman–Crippen MR) is 80.0 cm³/mol. The molecule has 2 N–H and O–H groups in total. The molecule has 4 aliphatic rings. The second-order valence-electron chi connectivity index (χ2n) is 7.67. The lowest BCUT2D eigenvalue weighted by molar-refractivity contribution is -0.141. The largest absolute Gasteiger partial charge is 0.441 e. The molecule has 2 saturated carbocycles. The summed E-state index contributed by atoms with van der Waals surface area (Å²) in [6.07, 6.45) is 4.73. The van der Waals surface area contributed by atoms with Crippen LogP contribution in [0.2, 0.25) is 0 Å². The van der Waals surface area contributed by atoms with Crippen LogP contribution in [0.3, 0.4) is 0 Å². The number of nitrogens with two attached hydrogens (primary N) is 1. The summed E-state index contributed by atoms with van der Waals surface area (Å²) in [5, 5.41) is 0. The molecule has 6 nitrogen and oxygen atoms in total. The number of carbonyl (C=O) groups is 2. The molecule has 0 aromatic heterocycles. The predicted octanol–water partition coefficient (Wildman–Crippen LogP) is 0.803. The number of carbonyl (C=O) groups excluding carboxylic acids is 2. The monoisotopic (exact) mass is 307 g/mol. The smallest absolute Gasteiger partial charge is 0.410 e. The van der Waals surface area contributed by atoms with E-state index in [0.29, 0.717) is 31.5 Å². The average molecular weight is 307 g/mol. The van der Waals surface area contributed by atoms with E-state index >= 15 is 0 Å². The van der Waals surface area contributed by atoms with Crippen LogP contribution in [-0.2, 0) is 9.53 Å². The Balaban J connectivity index is 1.40. The summed E-state index contributed by atoms with van der Waals surface area (Å²) in [6.45, 7) is 2.00. The van der Waals surface area contributed by atoms with Gasteiger partial charge in [0.05, 0.1) is 12.5 Å². The lowest BCUT2D eigenvalue weighted by Gasteiger charge is -2.40. The van der Waals surface area contributed by atoms with Gasteiger partial charge in [0.1, 0.15) is 5.60 Å². The van der Waals surface area contributed by atoms with E-state index in [2.05, 4.69) is 0 Å². The average Bonchev–Trinajstić information content (AvgIpc) is 3.14. The van der Waals surface area contributed by atoms with Gasteiger partial charge in [-0.2, -0.15) is 0 Å². The molecule has 0 aromatic rings. The number of likely N-dealkylation sites (N-methyl/N-ethyl adjacent to an activating group) is 1. The fourth-order valence-electron chi connectivity index (χ4n) is 5.10. The summed E-state index contributed by atoms with van der Waals surface area (Å²) in [5.41, 5.74) is 5.92. The first-order chi connectivity index (χ1) is 10.5. The van der Waals surface area contributed by atoms with Gasteiger partial charge in [-0.05, 0) is 31.1 Å². The third kappa shape index (κ3) is 2.03. The summed E-state index contributed by atoms with van der Waals surface area (Å²) < 4.78 is 5.55. The van der Waals surface area contributed by atoms with Crippen molar-refractivity contribution >= 4 is 12.0 Å². The number of likely N-dealkylation sites (tertiary alicyclic amines) is 1. The molecule has 4 rings (SSSR count). The lowest BCUT2D eigenvalue weighted by atomic mass is 9.83.